The molecule has 2 aromatic rings. The van der Waals surface area contributed by atoms with E-state index in [-0.39, 0.29) is 5.41 Å². The molecule has 7 heteroatoms. The topological polar surface area (TPSA) is 90.7 Å². The lowest BCUT2D eigenvalue weighted by molar-refractivity contribution is 0.373. The van der Waals surface area contributed by atoms with Gasteiger partial charge in [0, 0.05) is 17.8 Å². The van der Waals surface area contributed by atoms with Crippen molar-refractivity contribution < 1.29 is 4.52 Å². The van der Waals surface area contributed by atoms with Crippen LogP contribution in [0.2, 0.25) is 0 Å². The summed E-state index contributed by atoms with van der Waals surface area (Å²) in [4.78, 5) is 12.4. The Morgan fingerprint density at radius 2 is 2.00 bits per heavy atom. The lowest BCUT2D eigenvalue weighted by Gasteiger charge is -2.10. The molecule has 0 fully saturated rings. The largest absolute Gasteiger partial charge is 0.381 e. The van der Waals surface area contributed by atoms with Gasteiger partial charge < -0.3 is 10.3 Å². The zero-order chi connectivity index (χ0) is 13.2. The first kappa shape index (κ1) is 12.8. The number of hydrogen-bond donors (Lipinski definition) is 1. The Morgan fingerprint density at radius 3 is 2.61 bits per heavy atom. The molecule has 0 atom stereocenters. The molecule has 0 unspecified atom stereocenters. The molecular weight excluding hydrogens is 250 g/mol. The molecule has 0 amide bonds. The van der Waals surface area contributed by atoms with Gasteiger partial charge in [-0.2, -0.15) is 4.98 Å². The molecule has 2 rings (SSSR count). The van der Waals surface area contributed by atoms with Crippen molar-refractivity contribution >= 4 is 17.6 Å². The molecule has 0 bridgehead atoms. The third-order valence-corrected chi connectivity index (χ3v) is 3.14. The van der Waals surface area contributed by atoms with Crippen LogP contribution in [0.5, 0.6) is 0 Å². The molecule has 2 aromatic heterocycles. The summed E-state index contributed by atoms with van der Waals surface area (Å²) in [5.41, 5.74) is 5.58. The van der Waals surface area contributed by atoms with Crippen LogP contribution in [-0.2, 0) is 11.2 Å². The molecule has 2 N–H and O–H groups in total. The van der Waals surface area contributed by atoms with Gasteiger partial charge in [0.25, 0.3) is 0 Å². The first-order valence-electron chi connectivity index (χ1n) is 5.49. The van der Waals surface area contributed by atoms with Gasteiger partial charge >= 0.3 is 0 Å². The number of rotatable bonds is 3. The molecule has 18 heavy (non-hydrogen) atoms. The van der Waals surface area contributed by atoms with Gasteiger partial charge in [-0.1, -0.05) is 37.7 Å². The first-order valence-corrected chi connectivity index (χ1v) is 6.48. The molecule has 0 saturated heterocycles. The number of nitrogen functional groups attached to an aromatic ring is 1. The van der Waals surface area contributed by atoms with E-state index in [4.69, 9.17) is 10.3 Å². The second-order valence-corrected chi connectivity index (χ2v) is 5.76. The number of aromatic nitrogens is 4. The van der Waals surface area contributed by atoms with E-state index in [1.807, 2.05) is 20.8 Å². The number of hydrogen-bond acceptors (Lipinski definition) is 7. The average Bonchev–Trinajstić information content (AvgIpc) is 2.76. The molecule has 0 saturated carbocycles. The van der Waals surface area contributed by atoms with Gasteiger partial charge in [-0.15, -0.1) is 0 Å². The predicted molar refractivity (Wildman–Crippen MR) is 69.0 cm³/mol. The van der Waals surface area contributed by atoms with Crippen molar-refractivity contribution in [2.45, 2.75) is 37.0 Å². The van der Waals surface area contributed by atoms with Crippen molar-refractivity contribution in [2.75, 3.05) is 5.73 Å². The Kier molecular flexibility index (Phi) is 3.51. The maximum Gasteiger partial charge on any atom is 0.237 e. The fraction of sp³-hybridized carbons (Fsp3) is 0.455. The molecule has 0 aliphatic heterocycles. The van der Waals surface area contributed by atoms with Gasteiger partial charge in [-0.05, 0) is 0 Å². The first-order chi connectivity index (χ1) is 8.47. The van der Waals surface area contributed by atoms with Crippen LogP contribution in [0.1, 0.15) is 32.5 Å². The second-order valence-electron chi connectivity index (χ2n) is 4.80. The Bertz CT molecular complexity index is 534. The molecule has 2 heterocycles. The van der Waals surface area contributed by atoms with Gasteiger partial charge in [0.15, 0.2) is 11.6 Å². The summed E-state index contributed by atoms with van der Waals surface area (Å²) in [5, 5.41) is 4.63. The van der Waals surface area contributed by atoms with E-state index in [2.05, 4.69) is 20.1 Å². The summed E-state index contributed by atoms with van der Waals surface area (Å²) in [7, 11) is 0. The summed E-state index contributed by atoms with van der Waals surface area (Å²) < 4.78 is 5.18. The highest BCUT2D eigenvalue weighted by molar-refractivity contribution is 7.98. The third kappa shape index (κ3) is 2.98. The van der Waals surface area contributed by atoms with Crippen LogP contribution in [0.4, 0.5) is 5.82 Å². The maximum atomic E-state index is 5.70. The van der Waals surface area contributed by atoms with Crippen LogP contribution in [0, 0.1) is 0 Å². The molecule has 6 nitrogen and oxygen atoms in total. The monoisotopic (exact) mass is 265 g/mol. The summed E-state index contributed by atoms with van der Waals surface area (Å²) in [6.07, 6.45) is 3.16. The fourth-order valence-corrected chi connectivity index (χ4v) is 1.91. The van der Waals surface area contributed by atoms with Crippen LogP contribution >= 0.6 is 11.8 Å². The Morgan fingerprint density at radius 1 is 1.28 bits per heavy atom. The zero-order valence-corrected chi connectivity index (χ0v) is 11.4. The molecule has 0 aromatic carbocycles. The fourth-order valence-electron chi connectivity index (χ4n) is 1.20. The van der Waals surface area contributed by atoms with E-state index in [1.165, 1.54) is 11.8 Å². The Hall–Kier alpha value is -1.63. The SMILES string of the molecule is CC(C)(C)c1noc(CSc2nccnc2N)n1. The van der Waals surface area contributed by atoms with Gasteiger partial charge in [0.1, 0.15) is 5.03 Å². The quantitative estimate of drug-likeness (QED) is 0.849. The molecular formula is C11H15N5OS. The number of nitrogens with two attached hydrogens (primary N) is 1. The predicted octanol–water partition coefficient (Wildman–Crippen LogP) is 2.03. The number of thioether (sulfide) groups is 1. The van der Waals surface area contributed by atoms with Gasteiger partial charge in [0.05, 0.1) is 5.75 Å². The molecule has 0 aliphatic rings. The van der Waals surface area contributed by atoms with E-state index in [1.54, 1.807) is 12.4 Å². The highest BCUT2D eigenvalue weighted by atomic mass is 32.2. The minimum atomic E-state index is -0.113. The summed E-state index contributed by atoms with van der Waals surface area (Å²) in [5.74, 6) is 2.21. The number of anilines is 1. The minimum absolute atomic E-state index is 0.113. The van der Waals surface area contributed by atoms with E-state index in [0.29, 0.717) is 28.3 Å². The highest BCUT2D eigenvalue weighted by Crippen LogP contribution is 2.25. The van der Waals surface area contributed by atoms with E-state index < -0.39 is 0 Å². The second kappa shape index (κ2) is 4.93. The summed E-state index contributed by atoms with van der Waals surface area (Å²) in [6.45, 7) is 6.11. The lowest BCUT2D eigenvalue weighted by atomic mass is 9.96. The lowest BCUT2D eigenvalue weighted by Crippen LogP contribution is -2.13. The number of nitrogens with zero attached hydrogens (tertiary/aromatic N) is 4. The zero-order valence-electron chi connectivity index (χ0n) is 10.5. The van der Waals surface area contributed by atoms with Crippen molar-refractivity contribution in [3.05, 3.63) is 24.1 Å². The van der Waals surface area contributed by atoms with E-state index in [9.17, 15) is 0 Å². The summed E-state index contributed by atoms with van der Waals surface area (Å²) >= 11 is 1.43. The Labute approximate surface area is 109 Å². The third-order valence-electron chi connectivity index (χ3n) is 2.16. The van der Waals surface area contributed by atoms with Crippen LogP contribution in [0.3, 0.4) is 0 Å². The van der Waals surface area contributed by atoms with Gasteiger partial charge in [-0.25, -0.2) is 9.97 Å². The van der Waals surface area contributed by atoms with Gasteiger partial charge in [-0.3, -0.25) is 0 Å². The molecule has 96 valence electrons. The molecule has 0 spiro atoms. The van der Waals surface area contributed by atoms with Crippen molar-refractivity contribution in [2.24, 2.45) is 0 Å². The smallest absolute Gasteiger partial charge is 0.237 e. The molecule has 0 aliphatic carbocycles. The van der Waals surface area contributed by atoms with Crippen molar-refractivity contribution in [3.63, 3.8) is 0 Å². The van der Waals surface area contributed by atoms with Crippen LogP contribution < -0.4 is 5.73 Å². The van der Waals surface area contributed by atoms with Crippen LogP contribution in [-0.4, -0.2) is 20.1 Å². The maximum absolute atomic E-state index is 5.70. The van der Waals surface area contributed by atoms with Crippen molar-refractivity contribution in [3.8, 4) is 0 Å². The highest BCUT2D eigenvalue weighted by Gasteiger charge is 2.21. The standard InChI is InChI=1S/C11H15N5OS/c1-11(2,3)10-15-7(17-16-10)6-18-9-8(12)13-4-5-14-9/h4-5H,6H2,1-3H3,(H2,12,13). The summed E-state index contributed by atoms with van der Waals surface area (Å²) in [6, 6.07) is 0. The molecule has 0 radical (unpaired) electrons. The van der Waals surface area contributed by atoms with Crippen LogP contribution in [0.25, 0.3) is 0 Å². The average molecular weight is 265 g/mol. The minimum Gasteiger partial charge on any atom is -0.381 e. The van der Waals surface area contributed by atoms with Crippen LogP contribution in [0.15, 0.2) is 21.9 Å². The van der Waals surface area contributed by atoms with E-state index >= 15 is 0 Å². The van der Waals surface area contributed by atoms with E-state index in [0.717, 1.165) is 0 Å². The Balaban J connectivity index is 2.03. The van der Waals surface area contributed by atoms with Gasteiger partial charge in [0.2, 0.25) is 5.89 Å². The van der Waals surface area contributed by atoms with Crippen molar-refractivity contribution in [1.82, 2.24) is 20.1 Å². The normalized spacial score (nSPS) is 11.7. The van der Waals surface area contributed by atoms with Crippen molar-refractivity contribution in [1.29, 1.82) is 0 Å².